The lowest BCUT2D eigenvalue weighted by Crippen LogP contribution is -2.43. The molecule has 0 aliphatic carbocycles. The van der Waals surface area contributed by atoms with Gasteiger partial charge in [0.25, 0.3) is 0 Å². The number of anilines is 1. The minimum atomic E-state index is -1.38. The molecular weight excluding hydrogens is 418 g/mol. The van der Waals surface area contributed by atoms with E-state index in [4.69, 9.17) is 16.3 Å². The Bertz CT molecular complexity index is 1030. The molecule has 30 heavy (non-hydrogen) atoms. The number of ether oxygens (including phenoxy) is 1. The summed E-state index contributed by atoms with van der Waals surface area (Å²) in [6.45, 7) is 9.75. The number of aryl methyl sites for hydroxylation is 1. The molecule has 0 radical (unpaired) electrons. The molecule has 1 atom stereocenters. The van der Waals surface area contributed by atoms with Gasteiger partial charge in [-0.15, -0.1) is 0 Å². The third-order valence-electron chi connectivity index (χ3n) is 5.19. The van der Waals surface area contributed by atoms with Gasteiger partial charge in [0, 0.05) is 42.8 Å². The standard InChI is InChI=1S/C21H24ClN3O2S.C2H6/c1-3-15-14-25(19-12-16(22)4-6-18(15)19)28(26)17-5-7-21(27-2)20(13-17)24-10-8-23-9-11-24;1-2/h4-7,12-14,23H,3,8-11H2,1-2H3;1-2H3. The van der Waals surface area contributed by atoms with E-state index in [1.54, 1.807) is 7.11 Å². The van der Waals surface area contributed by atoms with Crippen molar-refractivity contribution >= 4 is 39.2 Å². The van der Waals surface area contributed by atoms with E-state index in [2.05, 4.69) is 17.1 Å². The van der Waals surface area contributed by atoms with E-state index >= 15 is 0 Å². The van der Waals surface area contributed by atoms with Crippen molar-refractivity contribution in [3.05, 3.63) is 53.2 Å². The molecule has 0 spiro atoms. The van der Waals surface area contributed by atoms with Gasteiger partial charge in [0.15, 0.2) is 11.0 Å². The van der Waals surface area contributed by atoms with Gasteiger partial charge in [-0.3, -0.25) is 3.97 Å². The Morgan fingerprint density at radius 2 is 1.87 bits per heavy atom. The van der Waals surface area contributed by atoms with Crippen molar-refractivity contribution < 1.29 is 8.95 Å². The number of aromatic nitrogens is 1. The molecule has 0 amide bonds. The second-order valence-electron chi connectivity index (χ2n) is 6.82. The highest BCUT2D eigenvalue weighted by atomic mass is 35.5. The zero-order valence-electron chi connectivity index (χ0n) is 18.1. The van der Waals surface area contributed by atoms with Crippen molar-refractivity contribution in [2.75, 3.05) is 38.2 Å². The molecule has 1 saturated heterocycles. The lowest BCUT2D eigenvalue weighted by molar-refractivity contribution is 0.412. The van der Waals surface area contributed by atoms with Gasteiger partial charge < -0.3 is 15.0 Å². The average molecular weight is 448 g/mol. The van der Waals surface area contributed by atoms with E-state index in [0.29, 0.717) is 5.02 Å². The van der Waals surface area contributed by atoms with Crippen LogP contribution in [0, 0.1) is 0 Å². The first kappa shape index (κ1) is 22.7. The Balaban J connectivity index is 0.00000124. The van der Waals surface area contributed by atoms with Gasteiger partial charge >= 0.3 is 0 Å². The minimum Gasteiger partial charge on any atom is -0.495 e. The zero-order chi connectivity index (χ0) is 21.7. The first-order chi connectivity index (χ1) is 14.6. The number of halogens is 1. The smallest absolute Gasteiger partial charge is 0.157 e. The van der Waals surface area contributed by atoms with Crippen molar-refractivity contribution in [2.45, 2.75) is 32.1 Å². The van der Waals surface area contributed by atoms with E-state index < -0.39 is 11.0 Å². The number of nitrogens with one attached hydrogen (secondary N) is 1. The molecule has 2 heterocycles. The fourth-order valence-corrected chi connectivity index (χ4v) is 5.05. The summed E-state index contributed by atoms with van der Waals surface area (Å²) in [5.41, 5.74) is 3.04. The predicted octanol–water partition coefficient (Wildman–Crippen LogP) is 4.87. The third-order valence-corrected chi connectivity index (χ3v) is 6.74. The van der Waals surface area contributed by atoms with Gasteiger partial charge in [-0.25, -0.2) is 4.21 Å². The molecule has 5 nitrogen and oxygen atoms in total. The van der Waals surface area contributed by atoms with Crippen LogP contribution in [-0.4, -0.2) is 41.5 Å². The summed E-state index contributed by atoms with van der Waals surface area (Å²) in [6, 6.07) is 11.5. The van der Waals surface area contributed by atoms with Crippen molar-refractivity contribution in [3.8, 4) is 5.75 Å². The van der Waals surface area contributed by atoms with Gasteiger partial charge in [-0.05, 0) is 42.3 Å². The van der Waals surface area contributed by atoms with Crippen LogP contribution >= 0.6 is 11.6 Å². The highest BCUT2D eigenvalue weighted by Gasteiger charge is 2.19. The molecule has 0 bridgehead atoms. The van der Waals surface area contributed by atoms with Gasteiger partial charge in [0.05, 0.1) is 23.2 Å². The number of fused-ring (bicyclic) bond motifs is 1. The number of rotatable bonds is 5. The SMILES string of the molecule is CC.CCc1cn(S(=O)c2ccc(OC)c(N3CCNCC3)c2)c2cc(Cl)ccc12. The summed E-state index contributed by atoms with van der Waals surface area (Å²) in [5, 5.41) is 5.10. The number of hydrogen-bond acceptors (Lipinski definition) is 4. The number of benzene rings is 2. The third kappa shape index (κ3) is 4.51. The molecule has 7 heteroatoms. The summed E-state index contributed by atoms with van der Waals surface area (Å²) in [6.07, 6.45) is 2.85. The normalized spacial score (nSPS) is 14.9. The van der Waals surface area contributed by atoms with Crippen LogP contribution in [0.4, 0.5) is 5.69 Å². The summed E-state index contributed by atoms with van der Waals surface area (Å²) in [7, 11) is 0.298. The maximum atomic E-state index is 13.5. The lowest BCUT2D eigenvalue weighted by atomic mass is 10.1. The highest BCUT2D eigenvalue weighted by Crippen LogP contribution is 2.33. The first-order valence-corrected chi connectivity index (χ1v) is 12.0. The van der Waals surface area contributed by atoms with Crippen molar-refractivity contribution in [1.82, 2.24) is 9.29 Å². The van der Waals surface area contributed by atoms with Crippen LogP contribution in [0.25, 0.3) is 10.9 Å². The van der Waals surface area contributed by atoms with Gasteiger partial charge in [0.1, 0.15) is 5.75 Å². The van der Waals surface area contributed by atoms with Crippen LogP contribution < -0.4 is 15.0 Å². The van der Waals surface area contributed by atoms with E-state index in [1.165, 1.54) is 0 Å². The Morgan fingerprint density at radius 3 is 2.53 bits per heavy atom. The van der Waals surface area contributed by atoms with Crippen molar-refractivity contribution in [1.29, 1.82) is 0 Å². The van der Waals surface area contributed by atoms with Crippen LogP contribution in [-0.2, 0) is 17.4 Å². The highest BCUT2D eigenvalue weighted by molar-refractivity contribution is 7.83. The minimum absolute atomic E-state index is 0.641. The molecule has 162 valence electrons. The molecule has 4 rings (SSSR count). The maximum Gasteiger partial charge on any atom is 0.157 e. The number of hydrogen-bond donors (Lipinski definition) is 1. The second kappa shape index (κ2) is 10.3. The molecule has 1 aliphatic rings. The molecule has 1 fully saturated rings. The van der Waals surface area contributed by atoms with E-state index in [0.717, 1.165) is 65.4 Å². The fourth-order valence-electron chi connectivity index (χ4n) is 3.70. The molecule has 1 aliphatic heterocycles. The number of piperazine rings is 1. The van der Waals surface area contributed by atoms with Gasteiger partial charge in [0.2, 0.25) is 0 Å². The second-order valence-corrected chi connectivity index (χ2v) is 8.61. The Morgan fingerprint density at radius 1 is 1.13 bits per heavy atom. The molecule has 2 aromatic carbocycles. The zero-order valence-corrected chi connectivity index (χ0v) is 19.6. The predicted molar refractivity (Wildman–Crippen MR) is 128 cm³/mol. The lowest BCUT2D eigenvalue weighted by Gasteiger charge is -2.30. The molecule has 1 aromatic heterocycles. The fraction of sp³-hybridized carbons (Fsp3) is 0.391. The van der Waals surface area contributed by atoms with E-state index in [1.807, 2.05) is 60.4 Å². The first-order valence-electron chi connectivity index (χ1n) is 10.5. The Labute approximate surface area is 186 Å². The number of nitrogens with zero attached hydrogens (tertiary/aromatic N) is 2. The molecule has 1 unspecified atom stereocenters. The van der Waals surface area contributed by atoms with Crippen molar-refractivity contribution in [3.63, 3.8) is 0 Å². The Hall–Kier alpha value is -2.02. The van der Waals surface area contributed by atoms with Crippen LogP contribution in [0.3, 0.4) is 0 Å². The van der Waals surface area contributed by atoms with Crippen LogP contribution in [0.5, 0.6) is 5.75 Å². The molecule has 1 N–H and O–H groups in total. The van der Waals surface area contributed by atoms with E-state index in [9.17, 15) is 4.21 Å². The largest absolute Gasteiger partial charge is 0.495 e. The maximum absolute atomic E-state index is 13.5. The Kier molecular flexibility index (Phi) is 7.81. The van der Waals surface area contributed by atoms with Crippen LogP contribution in [0.1, 0.15) is 26.3 Å². The summed E-state index contributed by atoms with van der Waals surface area (Å²) < 4.78 is 20.9. The van der Waals surface area contributed by atoms with Crippen LogP contribution in [0.15, 0.2) is 47.5 Å². The average Bonchev–Trinajstić information content (AvgIpc) is 3.17. The van der Waals surface area contributed by atoms with Crippen LogP contribution in [0.2, 0.25) is 5.02 Å². The number of methoxy groups -OCH3 is 1. The molecule has 3 aromatic rings. The molecular formula is C23H30ClN3O2S. The van der Waals surface area contributed by atoms with Crippen molar-refractivity contribution in [2.24, 2.45) is 0 Å². The molecule has 0 saturated carbocycles. The monoisotopic (exact) mass is 447 g/mol. The van der Waals surface area contributed by atoms with Gasteiger partial charge in [-0.2, -0.15) is 0 Å². The van der Waals surface area contributed by atoms with Gasteiger partial charge in [-0.1, -0.05) is 38.4 Å². The summed E-state index contributed by atoms with van der Waals surface area (Å²) in [5.74, 6) is 0.803. The van der Waals surface area contributed by atoms with E-state index in [-0.39, 0.29) is 0 Å². The topological polar surface area (TPSA) is 46.5 Å². The summed E-state index contributed by atoms with van der Waals surface area (Å²) in [4.78, 5) is 3.02. The summed E-state index contributed by atoms with van der Waals surface area (Å²) >= 11 is 6.22. The quantitative estimate of drug-likeness (QED) is 0.606.